The first-order valence-electron chi connectivity index (χ1n) is 9.62. The van der Waals surface area contributed by atoms with Crippen molar-refractivity contribution in [3.05, 3.63) is 64.3 Å². The third-order valence-electron chi connectivity index (χ3n) is 5.11. The SMILES string of the molecule is COC(=O)[C@H](C)NC(=O)Cc1c(C)n(C(=O)c2ccc(Cl)cc2)c2ccc(OC)cc12. The maximum Gasteiger partial charge on any atom is 0.328 e. The molecule has 7 nitrogen and oxygen atoms in total. The Morgan fingerprint density at radius 3 is 2.39 bits per heavy atom. The van der Waals surface area contributed by atoms with Gasteiger partial charge in [0.1, 0.15) is 11.8 Å². The predicted molar refractivity (Wildman–Crippen MR) is 118 cm³/mol. The average molecular weight is 443 g/mol. The molecule has 3 aromatic rings. The molecule has 8 heteroatoms. The van der Waals surface area contributed by atoms with Crippen molar-refractivity contribution in [2.75, 3.05) is 14.2 Å². The van der Waals surface area contributed by atoms with Gasteiger partial charge in [0.2, 0.25) is 5.91 Å². The molecule has 0 spiro atoms. The zero-order valence-corrected chi connectivity index (χ0v) is 18.4. The van der Waals surface area contributed by atoms with Gasteiger partial charge in [-0.15, -0.1) is 0 Å². The lowest BCUT2D eigenvalue weighted by molar-refractivity contribution is -0.144. The van der Waals surface area contributed by atoms with Crippen molar-refractivity contribution in [1.82, 2.24) is 9.88 Å². The topological polar surface area (TPSA) is 86.6 Å². The van der Waals surface area contributed by atoms with Gasteiger partial charge in [-0.25, -0.2) is 4.79 Å². The smallest absolute Gasteiger partial charge is 0.328 e. The minimum absolute atomic E-state index is 0.0161. The first-order chi connectivity index (χ1) is 14.8. The molecular weight excluding hydrogens is 420 g/mol. The van der Waals surface area contributed by atoms with E-state index >= 15 is 0 Å². The van der Waals surface area contributed by atoms with Gasteiger partial charge < -0.3 is 14.8 Å². The first-order valence-corrected chi connectivity index (χ1v) is 10.00. The quantitative estimate of drug-likeness (QED) is 0.590. The van der Waals surface area contributed by atoms with Crippen molar-refractivity contribution in [3.8, 4) is 5.75 Å². The van der Waals surface area contributed by atoms with Crippen LogP contribution in [0.5, 0.6) is 5.75 Å². The molecule has 31 heavy (non-hydrogen) atoms. The number of ether oxygens (including phenoxy) is 2. The molecule has 0 saturated heterocycles. The minimum Gasteiger partial charge on any atom is -0.497 e. The van der Waals surface area contributed by atoms with Gasteiger partial charge in [-0.1, -0.05) is 11.6 Å². The second-order valence-corrected chi connectivity index (χ2v) is 7.52. The normalized spacial score (nSPS) is 11.8. The van der Waals surface area contributed by atoms with Gasteiger partial charge >= 0.3 is 5.97 Å². The molecule has 3 rings (SSSR count). The van der Waals surface area contributed by atoms with Crippen molar-refractivity contribution in [2.45, 2.75) is 26.3 Å². The van der Waals surface area contributed by atoms with Crippen molar-refractivity contribution in [3.63, 3.8) is 0 Å². The summed E-state index contributed by atoms with van der Waals surface area (Å²) in [5.41, 5.74) is 2.42. The number of hydrogen-bond donors (Lipinski definition) is 1. The minimum atomic E-state index is -0.781. The van der Waals surface area contributed by atoms with Crippen LogP contribution in [0.15, 0.2) is 42.5 Å². The highest BCUT2D eigenvalue weighted by atomic mass is 35.5. The maximum atomic E-state index is 13.3. The Hall–Kier alpha value is -3.32. The molecule has 1 aromatic heterocycles. The number of carbonyl (C=O) groups excluding carboxylic acids is 3. The zero-order valence-electron chi connectivity index (χ0n) is 17.7. The summed E-state index contributed by atoms with van der Waals surface area (Å²) in [4.78, 5) is 37.5. The fraction of sp³-hybridized carbons (Fsp3) is 0.261. The Bertz CT molecular complexity index is 1150. The van der Waals surface area contributed by atoms with Gasteiger partial charge in [-0.3, -0.25) is 14.2 Å². The predicted octanol–water partition coefficient (Wildman–Crippen LogP) is 3.52. The van der Waals surface area contributed by atoms with Gasteiger partial charge in [-0.05, 0) is 61.9 Å². The van der Waals surface area contributed by atoms with Crippen LogP contribution in [0.2, 0.25) is 5.02 Å². The van der Waals surface area contributed by atoms with Crippen molar-refractivity contribution in [2.24, 2.45) is 0 Å². The van der Waals surface area contributed by atoms with Crippen LogP contribution < -0.4 is 10.1 Å². The average Bonchev–Trinajstić information content (AvgIpc) is 3.03. The van der Waals surface area contributed by atoms with Gasteiger partial charge in [0.15, 0.2) is 0 Å². The molecule has 1 N–H and O–H groups in total. The molecule has 0 aliphatic rings. The molecule has 0 saturated carbocycles. The standard InChI is InChI=1S/C23H23ClN2O5/c1-13(23(29)31-4)25-21(27)12-18-14(2)26(20-10-9-17(30-3)11-19(18)20)22(28)15-5-7-16(24)8-6-15/h5-11,13H,12H2,1-4H3,(H,25,27)/t13-/m0/s1. The molecule has 1 atom stereocenters. The van der Waals surface area contributed by atoms with Crippen LogP contribution in [-0.4, -0.2) is 42.6 Å². The Morgan fingerprint density at radius 2 is 1.77 bits per heavy atom. The summed E-state index contributed by atoms with van der Waals surface area (Å²) in [5.74, 6) is -0.527. The highest BCUT2D eigenvalue weighted by Gasteiger charge is 2.23. The Labute approximate surface area is 184 Å². The lowest BCUT2D eigenvalue weighted by atomic mass is 10.1. The number of methoxy groups -OCH3 is 2. The number of nitrogens with zero attached hydrogens (tertiary/aromatic N) is 1. The number of halogens is 1. The molecule has 0 aliphatic carbocycles. The molecule has 1 amide bonds. The van der Waals surface area contributed by atoms with Crippen LogP contribution in [-0.2, 0) is 20.7 Å². The maximum absolute atomic E-state index is 13.3. The largest absolute Gasteiger partial charge is 0.497 e. The number of hydrogen-bond acceptors (Lipinski definition) is 5. The summed E-state index contributed by atoms with van der Waals surface area (Å²) in [6.07, 6.45) is -0.0161. The Morgan fingerprint density at radius 1 is 1.10 bits per heavy atom. The molecule has 2 aromatic carbocycles. The fourth-order valence-electron chi connectivity index (χ4n) is 3.48. The number of esters is 1. The Kier molecular flexibility index (Phi) is 6.65. The Balaban J connectivity index is 2.05. The van der Waals surface area contributed by atoms with Crippen LogP contribution in [0.4, 0.5) is 0 Å². The molecule has 0 aliphatic heterocycles. The van der Waals surface area contributed by atoms with E-state index in [-0.39, 0.29) is 18.2 Å². The summed E-state index contributed by atoms with van der Waals surface area (Å²) in [5, 5.41) is 3.88. The number of amides is 1. The van der Waals surface area contributed by atoms with Crippen LogP contribution in [0, 0.1) is 6.92 Å². The molecule has 0 radical (unpaired) electrons. The van der Waals surface area contributed by atoms with E-state index in [2.05, 4.69) is 10.1 Å². The number of carbonyl (C=O) groups is 3. The van der Waals surface area contributed by atoms with E-state index in [1.807, 2.05) is 0 Å². The van der Waals surface area contributed by atoms with Crippen molar-refractivity contribution >= 4 is 40.3 Å². The number of benzene rings is 2. The molecular formula is C23H23ClN2O5. The number of nitrogens with one attached hydrogen (secondary N) is 1. The second-order valence-electron chi connectivity index (χ2n) is 7.08. The van der Waals surface area contributed by atoms with Gasteiger partial charge in [0.05, 0.1) is 26.2 Å². The van der Waals surface area contributed by atoms with Crippen molar-refractivity contribution < 1.29 is 23.9 Å². The summed E-state index contributed by atoms with van der Waals surface area (Å²) < 4.78 is 11.6. The lowest BCUT2D eigenvalue weighted by Gasteiger charge is -2.12. The van der Waals surface area contributed by atoms with E-state index in [0.717, 1.165) is 5.39 Å². The monoisotopic (exact) mass is 442 g/mol. The third kappa shape index (κ3) is 4.56. The molecule has 1 heterocycles. The van der Waals surface area contributed by atoms with Crippen LogP contribution in [0.3, 0.4) is 0 Å². The zero-order chi connectivity index (χ0) is 22.7. The van der Waals surface area contributed by atoms with Crippen LogP contribution in [0.1, 0.15) is 28.5 Å². The van der Waals surface area contributed by atoms with Gasteiger partial charge in [-0.2, -0.15) is 0 Å². The van der Waals surface area contributed by atoms with Crippen LogP contribution >= 0.6 is 11.6 Å². The second kappa shape index (κ2) is 9.22. The fourth-order valence-corrected chi connectivity index (χ4v) is 3.61. The summed E-state index contributed by atoms with van der Waals surface area (Å²) in [7, 11) is 2.81. The summed E-state index contributed by atoms with van der Waals surface area (Å²) in [6, 6.07) is 11.2. The molecule has 162 valence electrons. The molecule has 0 bridgehead atoms. The highest BCUT2D eigenvalue weighted by molar-refractivity contribution is 6.30. The van der Waals surface area contributed by atoms with E-state index in [1.54, 1.807) is 68.0 Å². The number of rotatable bonds is 6. The van der Waals surface area contributed by atoms with Crippen molar-refractivity contribution in [1.29, 1.82) is 0 Å². The number of aromatic nitrogens is 1. The first kappa shape index (κ1) is 22.4. The van der Waals surface area contributed by atoms with Crippen LogP contribution in [0.25, 0.3) is 10.9 Å². The summed E-state index contributed by atoms with van der Waals surface area (Å²) >= 11 is 5.95. The molecule has 0 unspecified atom stereocenters. The van der Waals surface area contributed by atoms with E-state index in [4.69, 9.17) is 16.3 Å². The van der Waals surface area contributed by atoms with E-state index in [9.17, 15) is 14.4 Å². The van der Waals surface area contributed by atoms with E-state index < -0.39 is 12.0 Å². The number of fused-ring (bicyclic) bond motifs is 1. The molecule has 0 fully saturated rings. The third-order valence-corrected chi connectivity index (χ3v) is 5.36. The lowest BCUT2D eigenvalue weighted by Crippen LogP contribution is -2.40. The van der Waals surface area contributed by atoms with Gasteiger partial charge in [0.25, 0.3) is 5.91 Å². The van der Waals surface area contributed by atoms with E-state index in [1.165, 1.54) is 7.11 Å². The highest BCUT2D eigenvalue weighted by Crippen LogP contribution is 2.31. The summed E-state index contributed by atoms with van der Waals surface area (Å²) in [6.45, 7) is 3.33. The van der Waals surface area contributed by atoms with Gasteiger partial charge in [0, 0.05) is 21.7 Å². The van der Waals surface area contributed by atoms with E-state index in [0.29, 0.717) is 33.1 Å².